The maximum atomic E-state index is 12.5. The molecule has 0 fully saturated rings. The van der Waals surface area contributed by atoms with Crippen LogP contribution in [0, 0.1) is 6.92 Å². The molecular weight excluding hydrogens is 438 g/mol. The summed E-state index contributed by atoms with van der Waals surface area (Å²) in [4.78, 5) is 16.9. The molecule has 9 heteroatoms. The second kappa shape index (κ2) is 8.09. The van der Waals surface area contributed by atoms with Crippen molar-refractivity contribution < 1.29 is 13.6 Å². The number of carbonyl (C=O) groups is 1. The summed E-state index contributed by atoms with van der Waals surface area (Å²) in [6.07, 6.45) is 0. The van der Waals surface area contributed by atoms with Gasteiger partial charge in [0.1, 0.15) is 0 Å². The summed E-state index contributed by atoms with van der Waals surface area (Å²) in [5.74, 6) is -0.436. The highest BCUT2D eigenvalue weighted by Gasteiger charge is 2.14. The van der Waals surface area contributed by atoms with E-state index in [4.69, 9.17) is 0 Å². The lowest BCUT2D eigenvalue weighted by molar-refractivity contribution is 0.102. The molecule has 0 saturated carbocycles. The fourth-order valence-electron chi connectivity index (χ4n) is 2.28. The van der Waals surface area contributed by atoms with Gasteiger partial charge >= 0.3 is 0 Å². The molecule has 0 bridgehead atoms. The van der Waals surface area contributed by atoms with Crippen molar-refractivity contribution in [1.29, 1.82) is 0 Å². The Morgan fingerprint density at radius 3 is 2.65 bits per heavy atom. The van der Waals surface area contributed by atoms with E-state index in [0.29, 0.717) is 5.13 Å². The number of rotatable bonds is 5. The minimum absolute atomic E-state index is 0.222. The molecule has 0 aliphatic carbocycles. The largest absolute Gasteiger partial charge is 0.755 e. The maximum absolute atomic E-state index is 12.5. The van der Waals surface area contributed by atoms with Gasteiger partial charge in [-0.15, -0.1) is 11.3 Å². The van der Waals surface area contributed by atoms with Gasteiger partial charge < -0.3 is 9.27 Å². The fourth-order valence-corrected chi connectivity index (χ4v) is 3.61. The van der Waals surface area contributed by atoms with Crippen LogP contribution in [0.25, 0.3) is 11.3 Å². The smallest absolute Gasteiger partial charge is 0.259 e. The molecule has 1 amide bonds. The number of benzene rings is 2. The third-order valence-corrected chi connectivity index (χ3v) is 5.15. The SMILES string of the molecule is Cc1ccc(C(=O)Nc2nc(-c3ccc(Br)cc3)cs2)c(NS(=O)[O-])c1. The van der Waals surface area contributed by atoms with E-state index in [0.717, 1.165) is 21.3 Å². The Kier molecular flexibility index (Phi) is 5.82. The number of nitrogens with zero attached hydrogens (tertiary/aromatic N) is 1. The second-order valence-electron chi connectivity index (χ2n) is 5.38. The normalized spacial score (nSPS) is 11.8. The molecule has 134 valence electrons. The van der Waals surface area contributed by atoms with Crippen LogP contribution in [0.3, 0.4) is 0 Å². The van der Waals surface area contributed by atoms with Crippen LogP contribution in [-0.2, 0) is 11.3 Å². The van der Waals surface area contributed by atoms with Crippen LogP contribution < -0.4 is 10.0 Å². The van der Waals surface area contributed by atoms with Crippen LogP contribution in [0.1, 0.15) is 15.9 Å². The van der Waals surface area contributed by atoms with Gasteiger partial charge in [0, 0.05) is 26.7 Å². The lowest BCUT2D eigenvalue weighted by Crippen LogP contribution is -2.15. The third-order valence-electron chi connectivity index (χ3n) is 3.48. The van der Waals surface area contributed by atoms with Gasteiger partial charge in [0.15, 0.2) is 5.13 Å². The summed E-state index contributed by atoms with van der Waals surface area (Å²) in [6, 6.07) is 12.6. The molecule has 3 rings (SSSR count). The van der Waals surface area contributed by atoms with E-state index in [1.54, 1.807) is 18.2 Å². The van der Waals surface area contributed by atoms with Crippen LogP contribution in [0.5, 0.6) is 0 Å². The van der Waals surface area contributed by atoms with Crippen molar-refractivity contribution >= 4 is 55.3 Å². The summed E-state index contributed by atoms with van der Waals surface area (Å²) in [5, 5.41) is 4.99. The highest BCUT2D eigenvalue weighted by molar-refractivity contribution is 9.10. The number of hydrogen-bond acceptors (Lipinski definition) is 5. The number of nitrogens with one attached hydrogen (secondary N) is 2. The van der Waals surface area contributed by atoms with Crippen LogP contribution in [0.15, 0.2) is 52.3 Å². The van der Waals surface area contributed by atoms with E-state index in [-0.39, 0.29) is 11.3 Å². The Labute approximate surface area is 165 Å². The number of anilines is 2. The quantitative estimate of drug-likeness (QED) is 0.565. The van der Waals surface area contributed by atoms with Gasteiger partial charge in [0.2, 0.25) is 0 Å². The van der Waals surface area contributed by atoms with Crippen molar-refractivity contribution in [2.24, 2.45) is 0 Å². The summed E-state index contributed by atoms with van der Waals surface area (Å²) in [7, 11) is 0. The van der Waals surface area contributed by atoms with Crippen molar-refractivity contribution in [3.8, 4) is 11.3 Å². The predicted molar refractivity (Wildman–Crippen MR) is 107 cm³/mol. The lowest BCUT2D eigenvalue weighted by Gasteiger charge is -2.13. The summed E-state index contributed by atoms with van der Waals surface area (Å²) in [5.41, 5.74) is 2.96. The number of halogens is 1. The summed E-state index contributed by atoms with van der Waals surface area (Å²) in [6.45, 7) is 1.81. The predicted octanol–water partition coefficient (Wildman–Crippen LogP) is 4.34. The topological polar surface area (TPSA) is 94.2 Å². The molecule has 26 heavy (non-hydrogen) atoms. The zero-order valence-electron chi connectivity index (χ0n) is 13.5. The Hall–Kier alpha value is -2.07. The molecule has 2 N–H and O–H groups in total. The number of carbonyl (C=O) groups excluding carboxylic acids is 1. The monoisotopic (exact) mass is 450 g/mol. The van der Waals surface area contributed by atoms with Crippen LogP contribution in [0.2, 0.25) is 0 Å². The van der Waals surface area contributed by atoms with Crippen molar-refractivity contribution in [2.75, 3.05) is 10.0 Å². The summed E-state index contributed by atoms with van der Waals surface area (Å²) >= 11 is 2.17. The lowest BCUT2D eigenvalue weighted by atomic mass is 10.1. The molecule has 1 atom stereocenters. The second-order valence-corrected chi connectivity index (χ2v) is 7.83. The van der Waals surface area contributed by atoms with E-state index in [9.17, 15) is 13.6 Å². The van der Waals surface area contributed by atoms with Gasteiger partial charge in [-0.05, 0) is 36.8 Å². The number of hydrogen-bond donors (Lipinski definition) is 2. The zero-order valence-corrected chi connectivity index (χ0v) is 16.7. The first-order chi connectivity index (χ1) is 12.4. The molecule has 3 aromatic rings. The van der Waals surface area contributed by atoms with E-state index >= 15 is 0 Å². The van der Waals surface area contributed by atoms with Crippen molar-refractivity contribution in [2.45, 2.75) is 6.92 Å². The van der Waals surface area contributed by atoms with Gasteiger partial charge in [0.25, 0.3) is 5.91 Å². The van der Waals surface area contributed by atoms with Gasteiger partial charge in [-0.2, -0.15) is 0 Å². The first kappa shape index (κ1) is 18.7. The molecule has 6 nitrogen and oxygen atoms in total. The van der Waals surface area contributed by atoms with Crippen molar-refractivity contribution in [3.05, 3.63) is 63.4 Å². The Morgan fingerprint density at radius 1 is 1.23 bits per heavy atom. The molecule has 2 aromatic carbocycles. The van der Waals surface area contributed by atoms with Gasteiger partial charge in [-0.25, -0.2) is 4.98 Å². The highest BCUT2D eigenvalue weighted by Crippen LogP contribution is 2.27. The molecule has 1 heterocycles. The Balaban J connectivity index is 1.81. The van der Waals surface area contributed by atoms with E-state index in [1.165, 1.54) is 11.3 Å². The molecule has 0 saturated heterocycles. The molecular formula is C17H13BrN3O3S2-. The van der Waals surface area contributed by atoms with Crippen LogP contribution >= 0.6 is 27.3 Å². The number of aryl methyl sites for hydroxylation is 1. The maximum Gasteiger partial charge on any atom is 0.259 e. The molecule has 0 aliphatic heterocycles. The van der Waals surface area contributed by atoms with E-state index < -0.39 is 17.2 Å². The molecule has 1 unspecified atom stereocenters. The standard InChI is InChI=1S/C17H14BrN3O3S2/c1-10-2-7-13(14(8-10)21-26(23)24)16(22)20-17-19-15(9-25-17)11-3-5-12(18)6-4-11/h2-9,21H,1H3,(H,23,24)(H,19,20,22)/p-1. The van der Waals surface area contributed by atoms with Gasteiger partial charge in [0.05, 0.1) is 16.9 Å². The molecule has 0 radical (unpaired) electrons. The number of amides is 1. The molecule has 0 spiro atoms. The van der Waals surface area contributed by atoms with Gasteiger partial charge in [-0.3, -0.25) is 14.3 Å². The third kappa shape index (κ3) is 4.55. The zero-order chi connectivity index (χ0) is 18.7. The minimum Gasteiger partial charge on any atom is -0.755 e. The Morgan fingerprint density at radius 2 is 1.96 bits per heavy atom. The van der Waals surface area contributed by atoms with E-state index in [1.807, 2.05) is 36.6 Å². The first-order valence-corrected chi connectivity index (χ1v) is 10.2. The van der Waals surface area contributed by atoms with Crippen LogP contribution in [0.4, 0.5) is 10.8 Å². The average molecular weight is 451 g/mol. The molecule has 0 aliphatic rings. The average Bonchev–Trinajstić information content (AvgIpc) is 3.03. The van der Waals surface area contributed by atoms with Crippen molar-refractivity contribution in [3.63, 3.8) is 0 Å². The van der Waals surface area contributed by atoms with Crippen molar-refractivity contribution in [1.82, 2.24) is 4.98 Å². The van der Waals surface area contributed by atoms with Gasteiger partial charge in [-0.1, -0.05) is 34.1 Å². The number of aromatic nitrogens is 1. The number of thiazole rings is 1. The summed E-state index contributed by atoms with van der Waals surface area (Å²) < 4.78 is 25.1. The fraction of sp³-hybridized carbons (Fsp3) is 0.0588. The van der Waals surface area contributed by atoms with E-state index in [2.05, 4.69) is 31.0 Å². The van der Waals surface area contributed by atoms with Crippen LogP contribution in [-0.4, -0.2) is 19.7 Å². The Bertz CT molecular complexity index is 974. The first-order valence-electron chi connectivity index (χ1n) is 7.42. The molecule has 1 aromatic heterocycles. The minimum atomic E-state index is -2.52. The highest BCUT2D eigenvalue weighted by atomic mass is 79.9.